The van der Waals surface area contributed by atoms with E-state index in [1.807, 2.05) is 12.1 Å². The Bertz CT molecular complexity index is 760. The van der Waals surface area contributed by atoms with Crippen LogP contribution in [0.5, 0.6) is 0 Å². The first-order valence-corrected chi connectivity index (χ1v) is 7.96. The Kier molecular flexibility index (Phi) is 2.95. The zero-order chi connectivity index (χ0) is 14.4. The summed E-state index contributed by atoms with van der Waals surface area (Å²) in [4.78, 5) is 19.8. The molecule has 0 aromatic carbocycles. The number of nitrogens with zero attached hydrogens (tertiary/aromatic N) is 2. The van der Waals surface area contributed by atoms with Gasteiger partial charge in [-0.3, -0.25) is 14.7 Å². The number of carbonyl (C=O) groups excluding carboxylic acids is 1. The van der Waals surface area contributed by atoms with Crippen LogP contribution in [0.25, 0.3) is 10.1 Å². The second-order valence-corrected chi connectivity index (χ2v) is 6.82. The van der Waals surface area contributed by atoms with E-state index >= 15 is 0 Å². The summed E-state index contributed by atoms with van der Waals surface area (Å²) in [5.41, 5.74) is 0.469. The minimum absolute atomic E-state index is 0.0925. The highest BCUT2D eigenvalue weighted by molar-refractivity contribution is 7.19. The first kappa shape index (κ1) is 12.8. The molecule has 0 saturated carbocycles. The minimum atomic E-state index is -0.0925. The number of thiophene rings is 1. The third kappa shape index (κ3) is 2.21. The number of nitrogens with one attached hydrogen (secondary N) is 1. The summed E-state index contributed by atoms with van der Waals surface area (Å²) in [6, 6.07) is 3.76. The summed E-state index contributed by atoms with van der Waals surface area (Å²) in [6.45, 7) is 2.21. The summed E-state index contributed by atoms with van der Waals surface area (Å²) in [5.74, 6) is 3.28. The lowest BCUT2D eigenvalue weighted by molar-refractivity contribution is 0.0878. The van der Waals surface area contributed by atoms with Gasteiger partial charge < -0.3 is 5.32 Å². The zero-order valence-corrected chi connectivity index (χ0v) is 12.3. The van der Waals surface area contributed by atoms with Crippen LogP contribution in [0, 0.1) is 18.3 Å². The Hall–Kier alpha value is -1.90. The second kappa shape index (κ2) is 4.83. The molecule has 3 atom stereocenters. The van der Waals surface area contributed by atoms with Gasteiger partial charge in [0.25, 0.3) is 5.91 Å². The number of rotatable bonds is 2. The van der Waals surface area contributed by atoms with Crippen LogP contribution in [0.2, 0.25) is 0 Å². The van der Waals surface area contributed by atoms with Crippen molar-refractivity contribution >= 4 is 27.3 Å². The van der Waals surface area contributed by atoms with Crippen LogP contribution in [0.15, 0.2) is 18.3 Å². The van der Waals surface area contributed by atoms with Crippen molar-refractivity contribution in [3.05, 3.63) is 28.9 Å². The zero-order valence-electron chi connectivity index (χ0n) is 11.5. The number of carbonyl (C=O) groups is 1. The van der Waals surface area contributed by atoms with E-state index < -0.39 is 0 Å². The van der Waals surface area contributed by atoms with Crippen molar-refractivity contribution in [2.75, 3.05) is 13.1 Å². The molecule has 2 fully saturated rings. The van der Waals surface area contributed by atoms with E-state index in [0.717, 1.165) is 40.4 Å². The fraction of sp³-hybridized carbons (Fsp3) is 0.375. The summed E-state index contributed by atoms with van der Waals surface area (Å²) in [5, 5.41) is 4.09. The first-order chi connectivity index (χ1) is 10.2. The van der Waals surface area contributed by atoms with Crippen molar-refractivity contribution in [1.82, 2.24) is 15.2 Å². The summed E-state index contributed by atoms with van der Waals surface area (Å²) < 4.78 is 1.01. The molecule has 0 aliphatic carbocycles. The topological polar surface area (TPSA) is 45.2 Å². The standard InChI is InChI=1S/C16H15N3OS/c1-2-12-6-11-8-17-13(7-14(11)21-12)16(20)18-15-5-10-3-4-19(15)9-10/h1,6-8,10,15H,3-5,9H2,(H,18,20). The Morgan fingerprint density at radius 2 is 2.43 bits per heavy atom. The van der Waals surface area contributed by atoms with Crippen LogP contribution >= 0.6 is 11.3 Å². The van der Waals surface area contributed by atoms with Gasteiger partial charge in [0, 0.05) is 29.4 Å². The molecule has 21 heavy (non-hydrogen) atoms. The molecule has 1 N–H and O–H groups in total. The lowest BCUT2D eigenvalue weighted by Gasteiger charge is -2.25. The molecule has 3 unspecified atom stereocenters. The van der Waals surface area contributed by atoms with Gasteiger partial charge in [0.15, 0.2) is 0 Å². The lowest BCUT2D eigenvalue weighted by atomic mass is 10.0. The SMILES string of the molecule is C#Cc1cc2cnc(C(=O)NC3CC4CCN3C4)cc2s1. The molecule has 2 aliphatic heterocycles. The van der Waals surface area contributed by atoms with Crippen LogP contribution in [-0.2, 0) is 0 Å². The minimum Gasteiger partial charge on any atom is -0.335 e. The highest BCUT2D eigenvalue weighted by atomic mass is 32.1. The number of hydrogen-bond donors (Lipinski definition) is 1. The highest BCUT2D eigenvalue weighted by Crippen LogP contribution is 2.31. The molecule has 4 nitrogen and oxygen atoms in total. The van der Waals surface area contributed by atoms with Crippen molar-refractivity contribution in [2.45, 2.75) is 19.0 Å². The van der Waals surface area contributed by atoms with E-state index in [4.69, 9.17) is 6.42 Å². The maximum absolute atomic E-state index is 12.4. The normalized spacial score (nSPS) is 26.9. The molecular weight excluding hydrogens is 282 g/mol. The largest absolute Gasteiger partial charge is 0.335 e. The van der Waals surface area contributed by atoms with Crippen molar-refractivity contribution in [3.63, 3.8) is 0 Å². The van der Waals surface area contributed by atoms with Gasteiger partial charge in [-0.2, -0.15) is 0 Å². The summed E-state index contributed by atoms with van der Waals surface area (Å²) in [6.07, 6.45) is 9.64. The molecule has 4 heterocycles. The molecule has 106 valence electrons. The predicted molar refractivity (Wildman–Crippen MR) is 83.1 cm³/mol. The van der Waals surface area contributed by atoms with Crippen molar-refractivity contribution in [3.8, 4) is 12.3 Å². The Morgan fingerprint density at radius 1 is 1.52 bits per heavy atom. The van der Waals surface area contributed by atoms with Gasteiger partial charge in [-0.15, -0.1) is 17.8 Å². The number of terminal acetylenes is 1. The highest BCUT2D eigenvalue weighted by Gasteiger charge is 2.38. The fourth-order valence-electron chi connectivity index (χ4n) is 3.31. The van der Waals surface area contributed by atoms with E-state index in [2.05, 4.69) is 21.1 Å². The number of aromatic nitrogens is 1. The van der Waals surface area contributed by atoms with Crippen LogP contribution in [0.4, 0.5) is 0 Å². The van der Waals surface area contributed by atoms with Crippen LogP contribution in [0.3, 0.4) is 0 Å². The van der Waals surface area contributed by atoms with Crippen LogP contribution in [-0.4, -0.2) is 35.0 Å². The monoisotopic (exact) mass is 297 g/mol. The van der Waals surface area contributed by atoms with Crippen molar-refractivity contribution in [2.24, 2.45) is 5.92 Å². The number of piperidine rings is 1. The molecule has 5 heteroatoms. The smallest absolute Gasteiger partial charge is 0.271 e. The maximum atomic E-state index is 12.4. The van der Waals surface area contributed by atoms with E-state index in [1.165, 1.54) is 17.8 Å². The maximum Gasteiger partial charge on any atom is 0.271 e. The average Bonchev–Trinajstić information content (AvgIpc) is 3.20. The molecular formula is C16H15N3OS. The van der Waals surface area contributed by atoms with E-state index in [-0.39, 0.29) is 12.1 Å². The molecule has 1 amide bonds. The van der Waals surface area contributed by atoms with Crippen LogP contribution in [0.1, 0.15) is 28.2 Å². The van der Waals surface area contributed by atoms with Gasteiger partial charge in [-0.05, 0) is 30.9 Å². The van der Waals surface area contributed by atoms with Crippen molar-refractivity contribution < 1.29 is 4.79 Å². The number of amides is 1. The lowest BCUT2D eigenvalue weighted by Crippen LogP contribution is -2.45. The number of hydrogen-bond acceptors (Lipinski definition) is 4. The molecule has 2 aliphatic rings. The van der Waals surface area contributed by atoms with Gasteiger partial charge in [0.1, 0.15) is 5.69 Å². The van der Waals surface area contributed by atoms with Gasteiger partial charge in [-0.25, -0.2) is 0 Å². The summed E-state index contributed by atoms with van der Waals surface area (Å²) in [7, 11) is 0. The fourth-order valence-corrected chi connectivity index (χ4v) is 4.19. The van der Waals surface area contributed by atoms with Gasteiger partial charge in [-0.1, -0.05) is 5.92 Å². The Labute approximate surface area is 127 Å². The van der Waals surface area contributed by atoms with Gasteiger partial charge in [0.2, 0.25) is 0 Å². The van der Waals surface area contributed by atoms with Gasteiger partial charge >= 0.3 is 0 Å². The van der Waals surface area contributed by atoms with E-state index in [9.17, 15) is 4.79 Å². The average molecular weight is 297 g/mol. The molecule has 2 bridgehead atoms. The van der Waals surface area contributed by atoms with Crippen molar-refractivity contribution in [1.29, 1.82) is 0 Å². The third-order valence-electron chi connectivity index (χ3n) is 4.39. The molecule has 2 aromatic rings. The molecule has 4 rings (SSSR count). The van der Waals surface area contributed by atoms with Gasteiger partial charge in [0.05, 0.1) is 11.0 Å². The Morgan fingerprint density at radius 3 is 3.14 bits per heavy atom. The molecule has 0 spiro atoms. The van der Waals surface area contributed by atoms with E-state index in [1.54, 1.807) is 6.20 Å². The first-order valence-electron chi connectivity index (χ1n) is 7.14. The predicted octanol–water partition coefficient (Wildman–Crippen LogP) is 2.06. The van der Waals surface area contributed by atoms with Crippen LogP contribution < -0.4 is 5.32 Å². The Balaban J connectivity index is 1.55. The second-order valence-electron chi connectivity index (χ2n) is 5.74. The molecule has 2 saturated heterocycles. The summed E-state index contributed by atoms with van der Waals surface area (Å²) >= 11 is 1.52. The number of fused-ring (bicyclic) bond motifs is 3. The third-order valence-corrected chi connectivity index (χ3v) is 5.42. The van der Waals surface area contributed by atoms with E-state index in [0.29, 0.717) is 5.69 Å². The number of pyridine rings is 1. The molecule has 2 aromatic heterocycles. The quantitative estimate of drug-likeness (QED) is 0.863. The molecule has 0 radical (unpaired) electrons.